The Morgan fingerprint density at radius 1 is 1.36 bits per heavy atom. The first-order valence-electron chi connectivity index (χ1n) is 6.82. The van der Waals surface area contributed by atoms with Crippen LogP contribution >= 0.6 is 33.9 Å². The summed E-state index contributed by atoms with van der Waals surface area (Å²) in [4.78, 5) is 40.8. The van der Waals surface area contributed by atoms with E-state index in [1.165, 1.54) is 11.3 Å². The molecule has 0 atom stereocenters. The molecule has 0 saturated heterocycles. The van der Waals surface area contributed by atoms with Crippen molar-refractivity contribution < 1.29 is 4.79 Å². The molecular weight excluding hydrogens is 417 g/mol. The molecule has 2 N–H and O–H groups in total. The lowest BCUT2D eigenvalue weighted by atomic mass is 10.0. The van der Waals surface area contributed by atoms with E-state index in [-0.39, 0.29) is 11.9 Å². The van der Waals surface area contributed by atoms with Crippen molar-refractivity contribution in [1.82, 2.24) is 14.9 Å². The van der Waals surface area contributed by atoms with Gasteiger partial charge in [-0.1, -0.05) is 0 Å². The van der Waals surface area contributed by atoms with E-state index in [0.717, 1.165) is 13.0 Å². The van der Waals surface area contributed by atoms with Gasteiger partial charge in [0.25, 0.3) is 5.56 Å². The molecule has 0 radical (unpaired) electrons. The monoisotopic (exact) mass is 435 g/mol. The third kappa shape index (κ3) is 2.73. The number of amides is 1. The van der Waals surface area contributed by atoms with Gasteiger partial charge in [0, 0.05) is 6.04 Å². The van der Waals surface area contributed by atoms with Crippen molar-refractivity contribution in [1.29, 1.82) is 0 Å². The molecule has 2 heterocycles. The summed E-state index contributed by atoms with van der Waals surface area (Å²) in [7, 11) is 0. The van der Waals surface area contributed by atoms with Crippen LogP contribution < -0.4 is 16.6 Å². The second-order valence-electron chi connectivity index (χ2n) is 5.96. The summed E-state index contributed by atoms with van der Waals surface area (Å²) in [5.41, 5.74) is -1.45. The standard InChI is InChI=1S/C14H18IN3O3S/c1-6(2)16-12(20)14(4,5)18-11(19)8-7(3)9(15)22-10(8)17-13(18)21/h6H,1-5H3,(H,16,20)(H,17,21). The fraction of sp³-hybridized carbons (Fsp3) is 0.500. The van der Waals surface area contributed by atoms with Crippen LogP contribution in [0.3, 0.4) is 0 Å². The van der Waals surface area contributed by atoms with Gasteiger partial charge >= 0.3 is 5.69 Å². The van der Waals surface area contributed by atoms with Crippen LogP contribution in [0.5, 0.6) is 0 Å². The van der Waals surface area contributed by atoms with E-state index in [1.807, 2.05) is 20.8 Å². The predicted octanol–water partition coefficient (Wildman–Crippen LogP) is 1.92. The van der Waals surface area contributed by atoms with Crippen LogP contribution in [0.2, 0.25) is 0 Å². The first-order valence-corrected chi connectivity index (χ1v) is 8.72. The van der Waals surface area contributed by atoms with Gasteiger partial charge in [0.2, 0.25) is 5.91 Å². The molecule has 0 aliphatic carbocycles. The van der Waals surface area contributed by atoms with E-state index in [2.05, 4.69) is 32.9 Å². The molecule has 2 aromatic heterocycles. The summed E-state index contributed by atoms with van der Waals surface area (Å²) in [6.45, 7) is 8.64. The number of fused-ring (bicyclic) bond motifs is 1. The highest BCUT2D eigenvalue weighted by Crippen LogP contribution is 2.27. The molecule has 0 aliphatic heterocycles. The van der Waals surface area contributed by atoms with Crippen LogP contribution in [0.4, 0.5) is 0 Å². The number of carbonyl (C=O) groups is 1. The van der Waals surface area contributed by atoms with Gasteiger partial charge in [-0.15, -0.1) is 11.3 Å². The molecule has 0 aliphatic rings. The normalized spacial score (nSPS) is 12.1. The van der Waals surface area contributed by atoms with Crippen LogP contribution in [0.25, 0.3) is 10.2 Å². The molecule has 6 nitrogen and oxygen atoms in total. The molecule has 2 rings (SSSR count). The van der Waals surface area contributed by atoms with Gasteiger partial charge in [0.1, 0.15) is 10.4 Å². The Kier molecular flexibility index (Phi) is 4.54. The average Bonchev–Trinajstić information content (AvgIpc) is 2.63. The topological polar surface area (TPSA) is 84.0 Å². The van der Waals surface area contributed by atoms with Crippen LogP contribution in [-0.2, 0) is 10.3 Å². The Morgan fingerprint density at radius 3 is 2.50 bits per heavy atom. The summed E-state index contributed by atoms with van der Waals surface area (Å²) in [5, 5.41) is 3.23. The summed E-state index contributed by atoms with van der Waals surface area (Å²) in [6.07, 6.45) is 0. The van der Waals surface area contributed by atoms with Crippen LogP contribution in [-0.4, -0.2) is 21.5 Å². The van der Waals surface area contributed by atoms with Gasteiger partial charge in [-0.05, 0) is 62.8 Å². The SMILES string of the molecule is Cc1c(I)sc2[nH]c(=O)n(C(C)(C)C(=O)NC(C)C)c(=O)c12. The number of aromatic nitrogens is 2. The molecule has 0 aromatic carbocycles. The first kappa shape index (κ1) is 17.2. The highest BCUT2D eigenvalue weighted by molar-refractivity contribution is 14.1. The number of hydrogen-bond donors (Lipinski definition) is 2. The van der Waals surface area contributed by atoms with Crippen molar-refractivity contribution in [2.75, 3.05) is 0 Å². The number of rotatable bonds is 3. The molecule has 0 fully saturated rings. The zero-order valence-corrected chi connectivity index (χ0v) is 16.0. The molecule has 0 unspecified atom stereocenters. The lowest BCUT2D eigenvalue weighted by molar-refractivity contribution is -0.129. The number of hydrogen-bond acceptors (Lipinski definition) is 4. The van der Waals surface area contributed by atoms with E-state index in [4.69, 9.17) is 0 Å². The molecule has 2 aromatic rings. The minimum absolute atomic E-state index is 0.0749. The Bertz CT molecular complexity index is 861. The number of aromatic amines is 1. The molecule has 120 valence electrons. The smallest absolute Gasteiger partial charge is 0.330 e. The van der Waals surface area contributed by atoms with Gasteiger partial charge in [0.05, 0.1) is 8.27 Å². The van der Waals surface area contributed by atoms with E-state index in [1.54, 1.807) is 13.8 Å². The van der Waals surface area contributed by atoms with Gasteiger partial charge in [0.15, 0.2) is 0 Å². The van der Waals surface area contributed by atoms with Crippen molar-refractivity contribution in [3.8, 4) is 0 Å². The molecular formula is C14H18IN3O3S. The van der Waals surface area contributed by atoms with Crippen molar-refractivity contribution >= 4 is 50.1 Å². The van der Waals surface area contributed by atoms with E-state index >= 15 is 0 Å². The second kappa shape index (κ2) is 5.80. The Hall–Kier alpha value is -1.16. The van der Waals surface area contributed by atoms with E-state index in [0.29, 0.717) is 10.2 Å². The zero-order valence-electron chi connectivity index (χ0n) is 13.0. The summed E-state index contributed by atoms with van der Waals surface area (Å²) >= 11 is 3.50. The Balaban J connectivity index is 2.75. The molecule has 0 spiro atoms. The van der Waals surface area contributed by atoms with Crippen molar-refractivity contribution in [2.24, 2.45) is 0 Å². The number of H-pyrrole nitrogens is 1. The van der Waals surface area contributed by atoms with Crippen molar-refractivity contribution in [3.05, 3.63) is 29.3 Å². The number of nitrogens with zero attached hydrogens (tertiary/aromatic N) is 1. The highest BCUT2D eigenvalue weighted by atomic mass is 127. The maximum Gasteiger partial charge on any atom is 0.330 e. The minimum Gasteiger partial charge on any atom is -0.352 e. The number of thiophene rings is 1. The fourth-order valence-corrected chi connectivity index (χ4v) is 4.08. The number of halogens is 1. The number of nitrogens with one attached hydrogen (secondary N) is 2. The lowest BCUT2D eigenvalue weighted by Crippen LogP contribution is -2.55. The number of aryl methyl sites for hydroxylation is 1. The summed E-state index contributed by atoms with van der Waals surface area (Å²) < 4.78 is 1.95. The molecule has 0 bridgehead atoms. The fourth-order valence-electron chi connectivity index (χ4n) is 2.24. The first-order chi connectivity index (χ1) is 10.1. The maximum absolute atomic E-state index is 12.8. The summed E-state index contributed by atoms with van der Waals surface area (Å²) in [6, 6.07) is -0.0749. The van der Waals surface area contributed by atoms with Crippen LogP contribution in [0, 0.1) is 9.81 Å². The highest BCUT2D eigenvalue weighted by Gasteiger charge is 2.34. The summed E-state index contributed by atoms with van der Waals surface area (Å²) in [5.74, 6) is -0.364. The average molecular weight is 435 g/mol. The zero-order chi connectivity index (χ0) is 16.8. The van der Waals surface area contributed by atoms with Crippen LogP contribution in [0.1, 0.15) is 33.3 Å². The van der Waals surface area contributed by atoms with E-state index in [9.17, 15) is 14.4 Å². The minimum atomic E-state index is -1.27. The van der Waals surface area contributed by atoms with Crippen molar-refractivity contribution in [2.45, 2.75) is 46.2 Å². The molecule has 8 heteroatoms. The van der Waals surface area contributed by atoms with Gasteiger partial charge < -0.3 is 5.32 Å². The van der Waals surface area contributed by atoms with Gasteiger partial charge in [-0.2, -0.15) is 0 Å². The molecule has 0 saturated carbocycles. The van der Waals surface area contributed by atoms with Gasteiger partial charge in [-0.3, -0.25) is 14.6 Å². The van der Waals surface area contributed by atoms with Crippen molar-refractivity contribution in [3.63, 3.8) is 0 Å². The van der Waals surface area contributed by atoms with E-state index < -0.39 is 16.8 Å². The Morgan fingerprint density at radius 2 is 1.95 bits per heavy atom. The third-order valence-electron chi connectivity index (χ3n) is 3.46. The lowest BCUT2D eigenvalue weighted by Gasteiger charge is -2.26. The Labute approximate surface area is 145 Å². The molecule has 1 amide bonds. The number of carbonyl (C=O) groups excluding carboxylic acids is 1. The predicted molar refractivity (Wildman–Crippen MR) is 96.8 cm³/mol. The maximum atomic E-state index is 12.8. The van der Waals surface area contributed by atoms with Crippen LogP contribution in [0.15, 0.2) is 9.59 Å². The quantitative estimate of drug-likeness (QED) is 0.723. The molecule has 22 heavy (non-hydrogen) atoms. The largest absolute Gasteiger partial charge is 0.352 e. The second-order valence-corrected chi connectivity index (χ2v) is 8.79. The third-order valence-corrected chi connectivity index (χ3v) is 5.93. The van der Waals surface area contributed by atoms with Gasteiger partial charge in [-0.25, -0.2) is 9.36 Å².